The molecule has 0 fully saturated rings. The van der Waals surface area contributed by atoms with Crippen LogP contribution in [0.4, 0.5) is 0 Å². The molecule has 21 heavy (non-hydrogen) atoms. The van der Waals surface area contributed by atoms with E-state index in [4.69, 9.17) is 9.84 Å². The van der Waals surface area contributed by atoms with Gasteiger partial charge in [0.1, 0.15) is 18.8 Å². The van der Waals surface area contributed by atoms with Gasteiger partial charge >= 0.3 is 5.97 Å². The predicted molar refractivity (Wildman–Crippen MR) is 76.4 cm³/mol. The molecule has 0 aliphatic heterocycles. The monoisotopic (exact) mass is 290 g/mol. The number of amides is 1. The van der Waals surface area contributed by atoms with Crippen LogP contribution < -0.4 is 0 Å². The molecule has 1 amide bonds. The zero-order valence-corrected chi connectivity index (χ0v) is 12.1. The van der Waals surface area contributed by atoms with E-state index in [0.717, 1.165) is 0 Å². The summed E-state index contributed by atoms with van der Waals surface area (Å²) in [6.45, 7) is 3.81. The summed E-state index contributed by atoms with van der Waals surface area (Å²) in [5, 5.41) is 8.60. The van der Waals surface area contributed by atoms with E-state index in [2.05, 4.69) is 16.8 Å². The van der Waals surface area contributed by atoms with Gasteiger partial charge in [0.25, 0.3) is 5.91 Å². The molecular weight excluding hydrogens is 272 g/mol. The Bertz CT molecular complexity index is 543. The maximum absolute atomic E-state index is 12.2. The average molecular weight is 290 g/mol. The molecule has 0 aliphatic rings. The molecule has 0 aliphatic carbocycles. The minimum atomic E-state index is -0.446. The summed E-state index contributed by atoms with van der Waals surface area (Å²) in [4.78, 5) is 29.0. The van der Waals surface area contributed by atoms with Gasteiger partial charge in [-0.1, -0.05) is 11.8 Å². The van der Waals surface area contributed by atoms with Crippen molar-refractivity contribution in [1.29, 1.82) is 0 Å². The Kier molecular flexibility index (Phi) is 6.92. The lowest BCUT2D eigenvalue weighted by atomic mass is 10.2. The first kappa shape index (κ1) is 16.7. The fourth-order valence-electron chi connectivity index (χ4n) is 1.59. The van der Waals surface area contributed by atoms with E-state index in [1.165, 1.54) is 17.2 Å². The highest BCUT2D eigenvalue weighted by molar-refractivity contribution is 5.94. The van der Waals surface area contributed by atoms with E-state index in [1.807, 2.05) is 0 Å². The van der Waals surface area contributed by atoms with E-state index < -0.39 is 5.97 Å². The van der Waals surface area contributed by atoms with E-state index >= 15 is 0 Å². The van der Waals surface area contributed by atoms with Crippen LogP contribution in [0.15, 0.2) is 18.3 Å². The van der Waals surface area contributed by atoms with E-state index in [0.29, 0.717) is 12.1 Å². The van der Waals surface area contributed by atoms with Crippen LogP contribution in [-0.2, 0) is 9.53 Å². The summed E-state index contributed by atoms with van der Waals surface area (Å²) in [5.41, 5.74) is 0.838. The Labute approximate surface area is 123 Å². The third-order valence-corrected chi connectivity index (χ3v) is 2.59. The Morgan fingerprint density at radius 3 is 2.67 bits per heavy atom. The van der Waals surface area contributed by atoms with Crippen molar-refractivity contribution >= 4 is 11.9 Å². The Balaban J connectivity index is 2.78. The number of pyridine rings is 1. The summed E-state index contributed by atoms with van der Waals surface area (Å²) in [6, 6.07) is 3.18. The highest BCUT2D eigenvalue weighted by Crippen LogP contribution is 2.04. The number of carbonyl (C=O) groups excluding carboxylic acids is 2. The average Bonchev–Trinajstić information content (AvgIpc) is 2.50. The van der Waals surface area contributed by atoms with Gasteiger partial charge in [-0.3, -0.25) is 9.59 Å². The summed E-state index contributed by atoms with van der Waals surface area (Å²) >= 11 is 0. The summed E-state index contributed by atoms with van der Waals surface area (Å²) in [7, 11) is 0. The van der Waals surface area contributed by atoms with Gasteiger partial charge in [-0.05, 0) is 26.0 Å². The molecule has 1 N–H and O–H groups in total. The van der Waals surface area contributed by atoms with Crippen molar-refractivity contribution in [3.05, 3.63) is 29.6 Å². The number of rotatable bonds is 5. The third kappa shape index (κ3) is 5.24. The summed E-state index contributed by atoms with van der Waals surface area (Å²) in [6.07, 6.45) is 1.45. The van der Waals surface area contributed by atoms with Gasteiger partial charge in [-0.25, -0.2) is 4.98 Å². The number of hydrogen-bond donors (Lipinski definition) is 1. The van der Waals surface area contributed by atoms with Crippen molar-refractivity contribution in [2.75, 3.05) is 26.3 Å². The number of aliphatic hydroxyl groups excluding tert-OH is 1. The van der Waals surface area contributed by atoms with Crippen LogP contribution in [0, 0.1) is 11.8 Å². The van der Waals surface area contributed by atoms with Crippen molar-refractivity contribution in [1.82, 2.24) is 9.88 Å². The molecule has 1 heterocycles. The molecule has 0 saturated carbocycles. The Morgan fingerprint density at radius 2 is 2.14 bits per heavy atom. The smallest absolute Gasteiger partial charge is 0.325 e. The van der Waals surface area contributed by atoms with Crippen LogP contribution >= 0.6 is 0 Å². The quantitative estimate of drug-likeness (QED) is 0.629. The van der Waals surface area contributed by atoms with Gasteiger partial charge < -0.3 is 14.7 Å². The molecule has 6 nitrogen and oxygen atoms in total. The predicted octanol–water partition coefficient (Wildman–Crippen LogP) is 0.451. The van der Waals surface area contributed by atoms with Crippen molar-refractivity contribution in [2.24, 2.45) is 0 Å². The van der Waals surface area contributed by atoms with Gasteiger partial charge in [0.15, 0.2) is 0 Å². The van der Waals surface area contributed by atoms with Crippen LogP contribution in [0.2, 0.25) is 0 Å². The number of nitrogens with zero attached hydrogens (tertiary/aromatic N) is 2. The maximum Gasteiger partial charge on any atom is 0.325 e. The zero-order valence-electron chi connectivity index (χ0n) is 12.1. The zero-order chi connectivity index (χ0) is 15.7. The molecule has 6 heteroatoms. The van der Waals surface area contributed by atoms with Crippen molar-refractivity contribution in [3.63, 3.8) is 0 Å². The second-order valence-corrected chi connectivity index (χ2v) is 4.02. The first-order chi connectivity index (χ1) is 10.1. The minimum Gasteiger partial charge on any atom is -0.465 e. The molecule has 0 atom stereocenters. The third-order valence-electron chi connectivity index (χ3n) is 2.59. The summed E-state index contributed by atoms with van der Waals surface area (Å²) in [5.74, 6) is 4.40. The largest absolute Gasteiger partial charge is 0.465 e. The number of likely N-dealkylation sites (N-methyl/N-ethyl adjacent to an activating group) is 1. The van der Waals surface area contributed by atoms with Crippen molar-refractivity contribution < 1.29 is 19.4 Å². The lowest BCUT2D eigenvalue weighted by Crippen LogP contribution is -2.36. The van der Waals surface area contributed by atoms with Crippen molar-refractivity contribution in [2.45, 2.75) is 13.8 Å². The first-order valence-corrected chi connectivity index (χ1v) is 6.63. The molecule has 112 valence electrons. The standard InChI is InChI=1S/C15H18N2O4/c1-3-17(11-14(19)21-4-2)15(20)13-8-7-12(10-16-13)6-5-9-18/h7-8,10,18H,3-4,9,11H2,1-2H3. The van der Waals surface area contributed by atoms with Crippen LogP contribution in [0.5, 0.6) is 0 Å². The van der Waals surface area contributed by atoms with Crippen LogP contribution in [0.1, 0.15) is 29.9 Å². The highest BCUT2D eigenvalue weighted by atomic mass is 16.5. The molecule has 0 unspecified atom stereocenters. The van der Waals surface area contributed by atoms with E-state index in [9.17, 15) is 9.59 Å². The highest BCUT2D eigenvalue weighted by Gasteiger charge is 2.18. The van der Waals surface area contributed by atoms with E-state index in [-0.39, 0.29) is 31.4 Å². The van der Waals surface area contributed by atoms with Gasteiger partial charge in [0.2, 0.25) is 0 Å². The van der Waals surface area contributed by atoms with Crippen LogP contribution in [0.3, 0.4) is 0 Å². The molecule has 0 bridgehead atoms. The second kappa shape index (κ2) is 8.72. The fourth-order valence-corrected chi connectivity index (χ4v) is 1.59. The van der Waals surface area contributed by atoms with Crippen LogP contribution in [-0.4, -0.2) is 53.2 Å². The SMILES string of the molecule is CCOC(=O)CN(CC)C(=O)c1ccc(C#CCO)cn1. The summed E-state index contributed by atoms with van der Waals surface area (Å²) < 4.78 is 4.83. The van der Waals surface area contributed by atoms with Crippen molar-refractivity contribution in [3.8, 4) is 11.8 Å². The lowest BCUT2D eigenvalue weighted by Gasteiger charge is -2.19. The molecule has 0 radical (unpaired) electrons. The number of hydrogen-bond acceptors (Lipinski definition) is 5. The van der Waals surface area contributed by atoms with E-state index in [1.54, 1.807) is 19.9 Å². The molecule has 0 aromatic carbocycles. The molecule has 0 saturated heterocycles. The molecule has 1 aromatic heterocycles. The first-order valence-electron chi connectivity index (χ1n) is 6.63. The molecular formula is C15H18N2O4. The Morgan fingerprint density at radius 1 is 1.38 bits per heavy atom. The molecule has 1 rings (SSSR count). The van der Waals surface area contributed by atoms with Gasteiger partial charge in [-0.15, -0.1) is 0 Å². The molecule has 1 aromatic rings. The maximum atomic E-state index is 12.2. The number of aromatic nitrogens is 1. The number of carbonyl (C=O) groups is 2. The lowest BCUT2D eigenvalue weighted by molar-refractivity contribution is -0.143. The minimum absolute atomic E-state index is 0.100. The topological polar surface area (TPSA) is 79.7 Å². The number of aliphatic hydroxyl groups is 1. The Hall–Kier alpha value is -2.39. The molecule has 0 spiro atoms. The number of ether oxygens (including phenoxy) is 1. The second-order valence-electron chi connectivity index (χ2n) is 4.02. The fraction of sp³-hybridized carbons (Fsp3) is 0.400. The van der Waals surface area contributed by atoms with Gasteiger partial charge in [0.05, 0.1) is 6.61 Å². The van der Waals surface area contributed by atoms with Gasteiger partial charge in [-0.2, -0.15) is 0 Å². The van der Waals surface area contributed by atoms with Gasteiger partial charge in [0, 0.05) is 18.3 Å². The number of esters is 1. The van der Waals surface area contributed by atoms with Crippen LogP contribution in [0.25, 0.3) is 0 Å². The normalized spacial score (nSPS) is 9.48.